The highest BCUT2D eigenvalue weighted by Crippen LogP contribution is 2.26. The first-order chi connectivity index (χ1) is 7.57. The molecule has 0 spiro atoms. The van der Waals surface area contributed by atoms with Crippen molar-refractivity contribution in [1.82, 2.24) is 4.90 Å². The molecule has 1 aromatic rings. The molecule has 2 heterocycles. The van der Waals surface area contributed by atoms with E-state index in [4.69, 9.17) is 14.3 Å². The SMILES string of the molecule is CC1(OCC(=O)O)CN(Cc2ccco2)C1. The van der Waals surface area contributed by atoms with E-state index in [2.05, 4.69) is 4.90 Å². The standard InChI is InChI=1S/C11H15NO4/c1-11(16-6-10(13)14)7-12(8-11)5-9-3-2-4-15-9/h2-4H,5-8H2,1H3,(H,13,14). The molecule has 1 N–H and O–H groups in total. The van der Waals surface area contributed by atoms with Gasteiger partial charge in [0.2, 0.25) is 0 Å². The predicted molar refractivity (Wildman–Crippen MR) is 56.0 cm³/mol. The van der Waals surface area contributed by atoms with Crippen LogP contribution in [0.15, 0.2) is 22.8 Å². The first-order valence-electron chi connectivity index (χ1n) is 5.18. The van der Waals surface area contributed by atoms with Crippen LogP contribution in [-0.4, -0.2) is 41.3 Å². The van der Waals surface area contributed by atoms with Gasteiger partial charge in [-0.15, -0.1) is 0 Å². The van der Waals surface area contributed by atoms with Crippen LogP contribution in [-0.2, 0) is 16.1 Å². The smallest absolute Gasteiger partial charge is 0.329 e. The predicted octanol–water partition coefficient (Wildman–Crippen LogP) is 0.955. The summed E-state index contributed by atoms with van der Waals surface area (Å²) >= 11 is 0. The first-order valence-corrected chi connectivity index (χ1v) is 5.18. The summed E-state index contributed by atoms with van der Waals surface area (Å²) in [5.74, 6) is -0.00834. The van der Waals surface area contributed by atoms with Gasteiger partial charge in [0.05, 0.1) is 18.4 Å². The fraction of sp³-hybridized carbons (Fsp3) is 0.545. The van der Waals surface area contributed by atoms with Crippen LogP contribution in [0.5, 0.6) is 0 Å². The van der Waals surface area contributed by atoms with E-state index < -0.39 is 5.97 Å². The van der Waals surface area contributed by atoms with Crippen molar-refractivity contribution in [3.05, 3.63) is 24.2 Å². The third-order valence-electron chi connectivity index (χ3n) is 2.62. The number of rotatable bonds is 5. The molecule has 0 amide bonds. The van der Waals surface area contributed by atoms with E-state index in [0.29, 0.717) is 0 Å². The maximum absolute atomic E-state index is 10.4. The molecule has 5 heteroatoms. The molecule has 0 aromatic carbocycles. The van der Waals surface area contributed by atoms with E-state index in [-0.39, 0.29) is 12.2 Å². The largest absolute Gasteiger partial charge is 0.480 e. The maximum Gasteiger partial charge on any atom is 0.329 e. The highest BCUT2D eigenvalue weighted by molar-refractivity contribution is 5.68. The number of carbonyl (C=O) groups is 1. The van der Waals surface area contributed by atoms with Crippen LogP contribution in [0.4, 0.5) is 0 Å². The lowest BCUT2D eigenvalue weighted by Gasteiger charge is -2.46. The topological polar surface area (TPSA) is 62.9 Å². The highest BCUT2D eigenvalue weighted by atomic mass is 16.5. The van der Waals surface area contributed by atoms with Crippen LogP contribution < -0.4 is 0 Å². The summed E-state index contributed by atoms with van der Waals surface area (Å²) < 4.78 is 10.5. The molecule has 0 bridgehead atoms. The summed E-state index contributed by atoms with van der Waals surface area (Å²) in [4.78, 5) is 12.5. The van der Waals surface area contributed by atoms with Crippen LogP contribution in [0.1, 0.15) is 12.7 Å². The van der Waals surface area contributed by atoms with Crippen molar-refractivity contribution < 1.29 is 19.1 Å². The average molecular weight is 225 g/mol. The Morgan fingerprint density at radius 1 is 1.69 bits per heavy atom. The van der Waals surface area contributed by atoms with Gasteiger partial charge >= 0.3 is 5.97 Å². The molecule has 1 saturated heterocycles. The quantitative estimate of drug-likeness (QED) is 0.808. The summed E-state index contributed by atoms with van der Waals surface area (Å²) in [7, 11) is 0. The Bertz CT molecular complexity index is 354. The minimum absolute atomic E-state index is 0.231. The molecule has 0 aliphatic carbocycles. The summed E-state index contributed by atoms with van der Waals surface area (Å²) in [6, 6.07) is 3.78. The van der Waals surface area contributed by atoms with Crippen LogP contribution in [0.2, 0.25) is 0 Å². The summed E-state index contributed by atoms with van der Waals surface area (Å²) in [6.07, 6.45) is 1.65. The summed E-state index contributed by atoms with van der Waals surface area (Å²) in [5.41, 5.74) is -0.328. The minimum Gasteiger partial charge on any atom is -0.480 e. The maximum atomic E-state index is 10.4. The van der Waals surface area contributed by atoms with Gasteiger partial charge in [-0.25, -0.2) is 4.79 Å². The number of carboxylic acids is 1. The lowest BCUT2D eigenvalue weighted by molar-refractivity contribution is -0.166. The average Bonchev–Trinajstić information content (AvgIpc) is 2.65. The molecule has 1 aliphatic heterocycles. The zero-order valence-corrected chi connectivity index (χ0v) is 9.18. The van der Waals surface area contributed by atoms with Crippen LogP contribution in [0.3, 0.4) is 0 Å². The molecular formula is C11H15NO4. The second-order valence-electron chi connectivity index (χ2n) is 4.36. The Morgan fingerprint density at radius 3 is 3.00 bits per heavy atom. The molecule has 0 saturated carbocycles. The molecular weight excluding hydrogens is 210 g/mol. The number of furan rings is 1. The van der Waals surface area contributed by atoms with E-state index in [1.807, 2.05) is 19.1 Å². The van der Waals surface area contributed by atoms with Crippen molar-refractivity contribution in [3.63, 3.8) is 0 Å². The second-order valence-corrected chi connectivity index (χ2v) is 4.36. The number of ether oxygens (including phenoxy) is 1. The van der Waals surface area contributed by atoms with Gasteiger partial charge in [-0.1, -0.05) is 0 Å². The molecule has 2 rings (SSSR count). The molecule has 1 aliphatic rings. The van der Waals surface area contributed by atoms with Gasteiger partial charge < -0.3 is 14.3 Å². The molecule has 16 heavy (non-hydrogen) atoms. The number of hydrogen-bond acceptors (Lipinski definition) is 4. The molecule has 1 fully saturated rings. The van der Waals surface area contributed by atoms with Crippen molar-refractivity contribution in [3.8, 4) is 0 Å². The van der Waals surface area contributed by atoms with E-state index in [9.17, 15) is 4.79 Å². The van der Waals surface area contributed by atoms with Gasteiger partial charge in [0.1, 0.15) is 12.4 Å². The third kappa shape index (κ3) is 2.62. The van der Waals surface area contributed by atoms with Gasteiger partial charge in [0.15, 0.2) is 0 Å². The van der Waals surface area contributed by atoms with Crippen molar-refractivity contribution in [2.24, 2.45) is 0 Å². The number of likely N-dealkylation sites (tertiary alicyclic amines) is 1. The fourth-order valence-corrected chi connectivity index (χ4v) is 1.96. The van der Waals surface area contributed by atoms with Crippen LogP contribution in [0, 0.1) is 0 Å². The lowest BCUT2D eigenvalue weighted by Crippen LogP contribution is -2.61. The normalized spacial score (nSPS) is 19.3. The van der Waals surface area contributed by atoms with Crippen molar-refractivity contribution >= 4 is 5.97 Å². The molecule has 88 valence electrons. The van der Waals surface area contributed by atoms with Crippen LogP contribution in [0.25, 0.3) is 0 Å². The molecule has 0 unspecified atom stereocenters. The fourth-order valence-electron chi connectivity index (χ4n) is 1.96. The number of carboxylic acid groups (broad SMARTS) is 1. The Kier molecular flexibility index (Phi) is 2.98. The number of hydrogen-bond donors (Lipinski definition) is 1. The first kappa shape index (κ1) is 11.2. The second kappa shape index (κ2) is 4.27. The van der Waals surface area contributed by atoms with Crippen molar-refractivity contribution in [2.45, 2.75) is 19.1 Å². The van der Waals surface area contributed by atoms with Gasteiger partial charge in [0, 0.05) is 13.1 Å². The van der Waals surface area contributed by atoms with Gasteiger partial charge in [-0.3, -0.25) is 4.90 Å². The summed E-state index contributed by atoms with van der Waals surface area (Å²) in [5, 5.41) is 8.52. The Morgan fingerprint density at radius 2 is 2.44 bits per heavy atom. The van der Waals surface area contributed by atoms with Crippen LogP contribution >= 0.6 is 0 Å². The molecule has 1 aromatic heterocycles. The van der Waals surface area contributed by atoms with Gasteiger partial charge in [-0.2, -0.15) is 0 Å². The molecule has 0 atom stereocenters. The van der Waals surface area contributed by atoms with E-state index in [1.54, 1.807) is 6.26 Å². The molecule has 5 nitrogen and oxygen atoms in total. The van der Waals surface area contributed by atoms with Gasteiger partial charge in [-0.05, 0) is 19.1 Å². The Balaban J connectivity index is 1.74. The monoisotopic (exact) mass is 225 g/mol. The van der Waals surface area contributed by atoms with E-state index >= 15 is 0 Å². The number of nitrogens with zero attached hydrogens (tertiary/aromatic N) is 1. The number of aliphatic carboxylic acids is 1. The lowest BCUT2D eigenvalue weighted by atomic mass is 9.96. The highest BCUT2D eigenvalue weighted by Gasteiger charge is 2.40. The van der Waals surface area contributed by atoms with E-state index in [1.165, 1.54) is 0 Å². The Labute approximate surface area is 93.6 Å². The van der Waals surface area contributed by atoms with Crippen molar-refractivity contribution in [2.75, 3.05) is 19.7 Å². The van der Waals surface area contributed by atoms with Gasteiger partial charge in [0.25, 0.3) is 0 Å². The third-order valence-corrected chi connectivity index (χ3v) is 2.62. The zero-order valence-electron chi connectivity index (χ0n) is 9.18. The van der Waals surface area contributed by atoms with E-state index in [0.717, 1.165) is 25.4 Å². The van der Waals surface area contributed by atoms with Crippen molar-refractivity contribution in [1.29, 1.82) is 0 Å². The summed E-state index contributed by atoms with van der Waals surface area (Å²) in [6.45, 7) is 3.92. The Hall–Kier alpha value is -1.33. The minimum atomic E-state index is -0.925. The molecule has 0 radical (unpaired) electrons. The zero-order chi connectivity index (χ0) is 11.6.